The van der Waals surface area contributed by atoms with Crippen molar-refractivity contribution in [3.05, 3.63) is 131 Å². The van der Waals surface area contributed by atoms with Crippen LogP contribution in [0.15, 0.2) is 118 Å². The number of benzene rings is 5. The standard InChI is InChI=1S/C30H28Br2N4O2.C20H23Br2N3/c1-29(2,3)19-11-7-17(8-12-19)25-33-35-27(37-25)21-15-24(32)22(16-23(21)31)28-36-34-26(38-28)18-9-13-20(14-10-18)30(4,5)6;1-19(2,3)12-9-13(20(4,5)6)11-14(10-12)25-23-17-15(21)7-8-16(22)18(17)24-25/h7-16H,1-6H3;7-11H,1-6H3. The second-order valence-corrected chi connectivity index (χ2v) is 23.2. The Labute approximate surface area is 403 Å². The van der Waals surface area contributed by atoms with Gasteiger partial charge in [-0.2, -0.15) is 4.80 Å². The summed E-state index contributed by atoms with van der Waals surface area (Å²) in [4.78, 5) is 1.74. The lowest BCUT2D eigenvalue weighted by Crippen LogP contribution is -2.17. The van der Waals surface area contributed by atoms with Crippen LogP contribution in [0.5, 0.6) is 0 Å². The first-order valence-electron chi connectivity index (χ1n) is 20.6. The molecule has 0 fully saturated rings. The molecule has 5 aromatic carbocycles. The predicted octanol–water partition coefficient (Wildman–Crippen LogP) is 15.8. The van der Waals surface area contributed by atoms with E-state index in [2.05, 4.69) is 210 Å². The van der Waals surface area contributed by atoms with Gasteiger partial charge in [0.05, 0.1) is 16.8 Å². The molecule has 8 rings (SSSR count). The van der Waals surface area contributed by atoms with Crippen molar-refractivity contribution in [3.8, 4) is 51.5 Å². The van der Waals surface area contributed by atoms with E-state index >= 15 is 0 Å². The van der Waals surface area contributed by atoms with Crippen molar-refractivity contribution in [2.24, 2.45) is 0 Å². The smallest absolute Gasteiger partial charge is 0.249 e. The van der Waals surface area contributed by atoms with Crippen molar-refractivity contribution in [2.75, 3.05) is 0 Å². The zero-order chi connectivity index (χ0) is 45.8. The molecular formula is C50H51Br4N7O2. The minimum absolute atomic E-state index is 0.0593. The molecular weight excluding hydrogens is 1050 g/mol. The molecule has 0 atom stereocenters. The number of rotatable bonds is 5. The van der Waals surface area contributed by atoms with Crippen molar-refractivity contribution < 1.29 is 8.83 Å². The summed E-state index contributed by atoms with van der Waals surface area (Å²) in [6.45, 7) is 26.5. The Morgan fingerprint density at radius 2 is 0.714 bits per heavy atom. The van der Waals surface area contributed by atoms with Crippen molar-refractivity contribution in [1.29, 1.82) is 0 Å². The molecule has 0 N–H and O–H groups in total. The van der Waals surface area contributed by atoms with E-state index in [1.54, 1.807) is 4.80 Å². The Morgan fingerprint density at radius 3 is 1.05 bits per heavy atom. The zero-order valence-corrected chi connectivity index (χ0v) is 44.0. The Kier molecular flexibility index (Phi) is 13.0. The summed E-state index contributed by atoms with van der Waals surface area (Å²) < 4.78 is 15.5. The third-order valence-electron chi connectivity index (χ3n) is 10.7. The molecule has 9 nitrogen and oxygen atoms in total. The molecule has 326 valence electrons. The van der Waals surface area contributed by atoms with Gasteiger partial charge in [-0.05, 0) is 168 Å². The lowest BCUT2D eigenvalue weighted by Gasteiger charge is -2.25. The van der Waals surface area contributed by atoms with Crippen LogP contribution in [0.3, 0.4) is 0 Å². The lowest BCUT2D eigenvalue weighted by molar-refractivity contribution is 0.566. The van der Waals surface area contributed by atoms with Crippen LogP contribution in [-0.4, -0.2) is 35.4 Å². The number of nitrogens with zero attached hydrogens (tertiary/aromatic N) is 7. The van der Waals surface area contributed by atoms with Gasteiger partial charge in [-0.15, -0.1) is 30.6 Å². The maximum absolute atomic E-state index is 6.03. The Balaban J connectivity index is 0.000000206. The van der Waals surface area contributed by atoms with Crippen molar-refractivity contribution in [1.82, 2.24) is 35.4 Å². The summed E-state index contributed by atoms with van der Waals surface area (Å²) in [5, 5.41) is 26.6. The highest BCUT2D eigenvalue weighted by atomic mass is 79.9. The minimum atomic E-state index is 0.0593. The van der Waals surface area contributed by atoms with E-state index in [-0.39, 0.29) is 21.7 Å². The van der Waals surface area contributed by atoms with E-state index in [9.17, 15) is 0 Å². The third kappa shape index (κ3) is 10.5. The quantitative estimate of drug-likeness (QED) is 0.168. The van der Waals surface area contributed by atoms with Gasteiger partial charge in [0.15, 0.2) is 0 Å². The predicted molar refractivity (Wildman–Crippen MR) is 268 cm³/mol. The Morgan fingerprint density at radius 1 is 0.381 bits per heavy atom. The van der Waals surface area contributed by atoms with Gasteiger partial charge in [0.2, 0.25) is 23.6 Å². The number of hydrogen-bond acceptors (Lipinski definition) is 8. The van der Waals surface area contributed by atoms with Crippen LogP contribution < -0.4 is 0 Å². The van der Waals surface area contributed by atoms with Crippen LogP contribution >= 0.6 is 63.7 Å². The van der Waals surface area contributed by atoms with Crippen LogP contribution in [0.2, 0.25) is 0 Å². The first-order valence-corrected chi connectivity index (χ1v) is 23.8. The van der Waals surface area contributed by atoms with Gasteiger partial charge in [0.25, 0.3) is 0 Å². The number of fused-ring (bicyclic) bond motifs is 1. The molecule has 0 aliphatic rings. The fraction of sp³-hybridized carbons (Fsp3) is 0.320. The summed E-state index contributed by atoms with van der Waals surface area (Å²) in [6, 6.07) is 30.9. The normalized spacial score (nSPS) is 12.4. The molecule has 0 saturated carbocycles. The summed E-state index contributed by atoms with van der Waals surface area (Å²) in [5.74, 6) is 1.74. The van der Waals surface area contributed by atoms with Gasteiger partial charge in [-0.1, -0.05) is 113 Å². The van der Waals surface area contributed by atoms with Crippen LogP contribution in [-0.2, 0) is 21.7 Å². The zero-order valence-electron chi connectivity index (χ0n) is 37.6. The molecule has 3 heterocycles. The van der Waals surface area contributed by atoms with E-state index in [0.717, 1.165) is 56.9 Å². The molecule has 0 unspecified atom stereocenters. The second kappa shape index (κ2) is 17.6. The van der Waals surface area contributed by atoms with Gasteiger partial charge < -0.3 is 8.83 Å². The van der Waals surface area contributed by atoms with E-state index in [1.807, 2.05) is 48.5 Å². The molecule has 63 heavy (non-hydrogen) atoms. The van der Waals surface area contributed by atoms with Crippen molar-refractivity contribution in [2.45, 2.75) is 105 Å². The van der Waals surface area contributed by atoms with Gasteiger partial charge in [0.1, 0.15) is 11.0 Å². The summed E-state index contributed by atoms with van der Waals surface area (Å²) >= 11 is 14.4. The summed E-state index contributed by atoms with van der Waals surface area (Å²) in [5.41, 5.74) is 11.3. The Bertz CT molecular complexity index is 2730. The van der Waals surface area contributed by atoms with E-state index in [1.165, 1.54) is 22.3 Å². The molecule has 0 radical (unpaired) electrons. The molecule has 13 heteroatoms. The van der Waals surface area contributed by atoms with Crippen LogP contribution in [0, 0.1) is 0 Å². The SMILES string of the molecule is CC(C)(C)c1cc(-n2nc3c(Br)ccc(Br)c3n2)cc(C(C)(C)C)c1.CC(C)(C)c1ccc(-c2nnc(-c3cc(Br)c(-c4nnc(-c5ccc(C(C)(C)C)cc5)o4)cc3Br)o2)cc1. The average molecular weight is 1100 g/mol. The molecule has 8 aromatic rings. The fourth-order valence-corrected chi connectivity index (χ4v) is 8.46. The van der Waals surface area contributed by atoms with Crippen molar-refractivity contribution >= 4 is 74.8 Å². The minimum Gasteiger partial charge on any atom is -0.416 e. The van der Waals surface area contributed by atoms with E-state index in [0.29, 0.717) is 23.6 Å². The molecule has 3 aromatic heterocycles. The highest BCUT2D eigenvalue weighted by Crippen LogP contribution is 2.39. The topological polar surface area (TPSA) is 109 Å². The first-order chi connectivity index (χ1) is 29.4. The van der Waals surface area contributed by atoms with Crippen LogP contribution in [0.25, 0.3) is 62.5 Å². The molecule has 0 aliphatic carbocycles. The van der Waals surface area contributed by atoms with Gasteiger partial charge in [0, 0.05) is 29.0 Å². The monoisotopic (exact) mass is 1100 g/mol. The van der Waals surface area contributed by atoms with Crippen LogP contribution in [0.4, 0.5) is 0 Å². The fourth-order valence-electron chi connectivity index (χ4n) is 6.64. The maximum Gasteiger partial charge on any atom is 0.249 e. The maximum atomic E-state index is 6.03. The molecule has 0 bridgehead atoms. The number of hydrogen-bond donors (Lipinski definition) is 0. The van der Waals surface area contributed by atoms with Gasteiger partial charge >= 0.3 is 0 Å². The molecule has 0 amide bonds. The van der Waals surface area contributed by atoms with Crippen LogP contribution in [0.1, 0.15) is 105 Å². The number of aromatic nitrogens is 7. The van der Waals surface area contributed by atoms with E-state index in [4.69, 9.17) is 19.0 Å². The van der Waals surface area contributed by atoms with Gasteiger partial charge in [-0.3, -0.25) is 0 Å². The lowest BCUT2D eigenvalue weighted by atomic mass is 9.80. The Hall–Kier alpha value is -4.30. The largest absolute Gasteiger partial charge is 0.416 e. The molecule has 0 aliphatic heterocycles. The molecule has 0 spiro atoms. The highest BCUT2D eigenvalue weighted by molar-refractivity contribution is 9.11. The average Bonchev–Trinajstić information content (AvgIpc) is 4.01. The van der Waals surface area contributed by atoms with Gasteiger partial charge in [-0.25, -0.2) is 0 Å². The second-order valence-electron chi connectivity index (χ2n) is 19.8. The highest BCUT2D eigenvalue weighted by Gasteiger charge is 2.24. The third-order valence-corrected chi connectivity index (χ3v) is 13.3. The first kappa shape index (κ1) is 46.7. The summed E-state index contributed by atoms with van der Waals surface area (Å²) in [6.07, 6.45) is 0. The molecule has 0 saturated heterocycles. The van der Waals surface area contributed by atoms with Crippen molar-refractivity contribution in [3.63, 3.8) is 0 Å². The number of halogens is 4. The van der Waals surface area contributed by atoms with E-state index < -0.39 is 0 Å². The summed E-state index contributed by atoms with van der Waals surface area (Å²) in [7, 11) is 0.